The summed E-state index contributed by atoms with van der Waals surface area (Å²) in [5, 5.41) is 3.72. The molecule has 1 aliphatic rings. The standard InChI is InChI=1S/C26H28F3N3O2/c1-3-22(32-25(33)18-11-12-23(34-2)31-15-18)17-9-7-16(8-10-17)19-13-14-30-24-20(19)5-4-6-21(24)26(27,28)29/h4-6,11-17,22H,3,7-10H2,1-2H3,(H,32,33). The summed E-state index contributed by atoms with van der Waals surface area (Å²) in [6.45, 7) is 2.05. The number of benzene rings is 1. The third-order valence-corrected chi connectivity index (χ3v) is 6.85. The molecule has 2 aromatic heterocycles. The predicted molar refractivity (Wildman–Crippen MR) is 124 cm³/mol. The molecule has 4 rings (SSSR count). The number of nitrogens with one attached hydrogen (secondary N) is 1. The van der Waals surface area contributed by atoms with Crippen molar-refractivity contribution in [3.8, 4) is 5.88 Å². The number of amides is 1. The van der Waals surface area contributed by atoms with Crippen LogP contribution in [-0.2, 0) is 6.18 Å². The van der Waals surface area contributed by atoms with E-state index in [9.17, 15) is 18.0 Å². The number of ether oxygens (including phenoxy) is 1. The normalized spacial score (nSPS) is 19.6. The molecule has 1 N–H and O–H groups in total. The Hall–Kier alpha value is -3.16. The number of carbonyl (C=O) groups is 1. The molecule has 0 radical (unpaired) electrons. The van der Waals surface area contributed by atoms with Gasteiger partial charge in [-0.15, -0.1) is 0 Å². The third kappa shape index (κ3) is 5.00. The van der Waals surface area contributed by atoms with Crippen molar-refractivity contribution in [1.29, 1.82) is 0 Å². The molecule has 0 saturated heterocycles. The molecule has 1 saturated carbocycles. The van der Waals surface area contributed by atoms with Gasteiger partial charge in [-0.25, -0.2) is 4.98 Å². The number of nitrogens with zero attached hydrogens (tertiary/aromatic N) is 2. The SMILES string of the molecule is CCC(NC(=O)c1ccc(OC)nc1)C1CCC(c2ccnc3c(C(F)(F)F)cccc23)CC1. The van der Waals surface area contributed by atoms with Crippen LogP contribution in [0, 0.1) is 5.92 Å². The Bertz CT molecular complexity index is 1140. The fraction of sp³-hybridized carbons (Fsp3) is 0.423. The lowest BCUT2D eigenvalue weighted by Crippen LogP contribution is -2.41. The monoisotopic (exact) mass is 471 g/mol. The van der Waals surface area contributed by atoms with Gasteiger partial charge in [0.05, 0.1) is 23.8 Å². The molecule has 34 heavy (non-hydrogen) atoms. The minimum atomic E-state index is -4.44. The Balaban J connectivity index is 1.45. The summed E-state index contributed by atoms with van der Waals surface area (Å²) in [6, 6.07) is 9.50. The summed E-state index contributed by atoms with van der Waals surface area (Å²) in [5.41, 5.74) is 0.733. The zero-order chi connectivity index (χ0) is 24.3. The minimum Gasteiger partial charge on any atom is -0.481 e. The Labute approximate surface area is 196 Å². The van der Waals surface area contributed by atoms with E-state index in [-0.39, 0.29) is 23.4 Å². The number of hydrogen-bond acceptors (Lipinski definition) is 4. The first kappa shape index (κ1) is 24.0. The van der Waals surface area contributed by atoms with Gasteiger partial charge in [0.1, 0.15) is 0 Å². The highest BCUT2D eigenvalue weighted by Gasteiger charge is 2.34. The van der Waals surface area contributed by atoms with Gasteiger partial charge in [0.2, 0.25) is 5.88 Å². The van der Waals surface area contributed by atoms with Crippen LogP contribution in [0.4, 0.5) is 13.2 Å². The molecule has 5 nitrogen and oxygen atoms in total. The fourth-order valence-corrected chi connectivity index (χ4v) is 5.06. The molecule has 2 heterocycles. The maximum atomic E-state index is 13.5. The van der Waals surface area contributed by atoms with Gasteiger partial charge in [0.25, 0.3) is 5.91 Å². The van der Waals surface area contributed by atoms with Crippen molar-refractivity contribution in [3.05, 3.63) is 65.5 Å². The molecule has 1 atom stereocenters. The zero-order valence-electron chi connectivity index (χ0n) is 19.2. The molecule has 0 aliphatic heterocycles. The van der Waals surface area contributed by atoms with E-state index in [4.69, 9.17) is 4.74 Å². The van der Waals surface area contributed by atoms with Crippen LogP contribution in [0.3, 0.4) is 0 Å². The molecule has 0 bridgehead atoms. The van der Waals surface area contributed by atoms with Crippen LogP contribution < -0.4 is 10.1 Å². The molecule has 3 aromatic rings. The summed E-state index contributed by atoms with van der Waals surface area (Å²) in [6.07, 6.45) is 2.86. The summed E-state index contributed by atoms with van der Waals surface area (Å²) < 4.78 is 45.4. The van der Waals surface area contributed by atoms with E-state index in [1.807, 2.05) is 6.07 Å². The predicted octanol–water partition coefficient (Wildman–Crippen LogP) is 6.14. The second-order valence-electron chi connectivity index (χ2n) is 8.79. The quantitative estimate of drug-likeness (QED) is 0.469. The van der Waals surface area contributed by atoms with Crippen LogP contribution in [0.2, 0.25) is 0 Å². The van der Waals surface area contributed by atoms with E-state index in [1.54, 1.807) is 18.2 Å². The van der Waals surface area contributed by atoms with Gasteiger partial charge in [-0.05, 0) is 67.7 Å². The van der Waals surface area contributed by atoms with E-state index in [1.165, 1.54) is 25.6 Å². The van der Waals surface area contributed by atoms with Crippen LogP contribution in [0.5, 0.6) is 5.88 Å². The number of fused-ring (bicyclic) bond motifs is 1. The van der Waals surface area contributed by atoms with E-state index in [0.29, 0.717) is 22.7 Å². The Morgan fingerprint density at radius 2 is 1.88 bits per heavy atom. The van der Waals surface area contributed by atoms with Crippen molar-refractivity contribution in [3.63, 3.8) is 0 Å². The Morgan fingerprint density at radius 3 is 2.50 bits per heavy atom. The van der Waals surface area contributed by atoms with Gasteiger partial charge in [-0.2, -0.15) is 13.2 Å². The minimum absolute atomic E-state index is 0.0152. The number of aromatic nitrogens is 2. The second kappa shape index (κ2) is 9.99. The van der Waals surface area contributed by atoms with Gasteiger partial charge in [-0.1, -0.05) is 19.1 Å². The highest BCUT2D eigenvalue weighted by atomic mass is 19.4. The average Bonchev–Trinajstić information content (AvgIpc) is 2.86. The molecule has 0 spiro atoms. The molecular formula is C26H28F3N3O2. The fourth-order valence-electron chi connectivity index (χ4n) is 5.06. The van der Waals surface area contributed by atoms with Gasteiger partial charge in [0.15, 0.2) is 0 Å². The molecule has 1 aliphatic carbocycles. The van der Waals surface area contributed by atoms with Gasteiger partial charge < -0.3 is 10.1 Å². The first-order valence-electron chi connectivity index (χ1n) is 11.6. The largest absolute Gasteiger partial charge is 0.481 e. The topological polar surface area (TPSA) is 64.1 Å². The number of methoxy groups -OCH3 is 1. The number of rotatable bonds is 6. The summed E-state index contributed by atoms with van der Waals surface area (Å²) in [4.78, 5) is 20.9. The van der Waals surface area contributed by atoms with Gasteiger partial charge in [-0.3, -0.25) is 9.78 Å². The molecule has 8 heteroatoms. The molecular weight excluding hydrogens is 443 g/mol. The van der Waals surface area contributed by atoms with Crippen LogP contribution in [0.25, 0.3) is 10.9 Å². The second-order valence-corrected chi connectivity index (χ2v) is 8.79. The van der Waals surface area contributed by atoms with Crippen molar-refractivity contribution in [2.75, 3.05) is 7.11 Å². The summed E-state index contributed by atoms with van der Waals surface area (Å²) in [7, 11) is 1.52. The lowest BCUT2D eigenvalue weighted by atomic mass is 9.75. The number of hydrogen-bond donors (Lipinski definition) is 1. The van der Waals surface area contributed by atoms with Gasteiger partial charge >= 0.3 is 6.18 Å². The van der Waals surface area contributed by atoms with E-state index in [2.05, 4.69) is 22.2 Å². The van der Waals surface area contributed by atoms with Crippen molar-refractivity contribution in [1.82, 2.24) is 15.3 Å². The molecule has 1 aromatic carbocycles. The van der Waals surface area contributed by atoms with Gasteiger partial charge in [0, 0.05) is 29.9 Å². The number of halogens is 3. The van der Waals surface area contributed by atoms with E-state index >= 15 is 0 Å². The Kier molecular flexibility index (Phi) is 7.05. The average molecular weight is 472 g/mol. The smallest absolute Gasteiger partial charge is 0.418 e. The lowest BCUT2D eigenvalue weighted by molar-refractivity contribution is -0.136. The van der Waals surface area contributed by atoms with Crippen molar-refractivity contribution >= 4 is 16.8 Å². The Morgan fingerprint density at radius 1 is 1.12 bits per heavy atom. The number of para-hydroxylation sites is 1. The van der Waals surface area contributed by atoms with Crippen LogP contribution >= 0.6 is 0 Å². The van der Waals surface area contributed by atoms with Crippen molar-refractivity contribution in [2.45, 2.75) is 57.2 Å². The number of pyridine rings is 2. The van der Waals surface area contributed by atoms with Crippen LogP contribution in [0.1, 0.15) is 66.4 Å². The molecule has 1 amide bonds. The maximum Gasteiger partial charge on any atom is 0.418 e. The first-order chi connectivity index (χ1) is 16.3. The molecule has 1 fully saturated rings. The van der Waals surface area contributed by atoms with E-state index in [0.717, 1.165) is 43.7 Å². The van der Waals surface area contributed by atoms with Crippen LogP contribution in [0.15, 0.2) is 48.8 Å². The molecule has 1 unspecified atom stereocenters. The summed E-state index contributed by atoms with van der Waals surface area (Å²) >= 11 is 0. The third-order valence-electron chi connectivity index (χ3n) is 6.85. The van der Waals surface area contributed by atoms with Crippen LogP contribution in [-0.4, -0.2) is 29.0 Å². The maximum absolute atomic E-state index is 13.5. The zero-order valence-corrected chi connectivity index (χ0v) is 19.2. The van der Waals surface area contributed by atoms with Crippen molar-refractivity contribution in [2.24, 2.45) is 5.92 Å². The lowest BCUT2D eigenvalue weighted by Gasteiger charge is -2.34. The number of alkyl halides is 3. The van der Waals surface area contributed by atoms with E-state index < -0.39 is 11.7 Å². The highest BCUT2D eigenvalue weighted by Crippen LogP contribution is 2.41. The first-order valence-corrected chi connectivity index (χ1v) is 11.6. The number of carbonyl (C=O) groups excluding carboxylic acids is 1. The summed E-state index contributed by atoms with van der Waals surface area (Å²) in [5.74, 6) is 0.774. The molecule has 180 valence electrons. The highest BCUT2D eigenvalue weighted by molar-refractivity contribution is 5.94. The van der Waals surface area contributed by atoms with Crippen molar-refractivity contribution < 1.29 is 22.7 Å².